The average Bonchev–Trinajstić information content (AvgIpc) is 2.73. The monoisotopic (exact) mass is 416 g/mol. The first kappa shape index (κ1) is 22.5. The van der Waals surface area contributed by atoms with Gasteiger partial charge in [-0.25, -0.2) is 0 Å². The summed E-state index contributed by atoms with van der Waals surface area (Å²) in [6, 6.07) is 9.25. The van der Waals surface area contributed by atoms with Crippen molar-refractivity contribution in [2.75, 3.05) is 6.61 Å². The van der Waals surface area contributed by atoms with Gasteiger partial charge < -0.3 is 49.6 Å². The van der Waals surface area contributed by atoms with E-state index in [9.17, 15) is 30.6 Å². The molecule has 1 aromatic rings. The lowest BCUT2D eigenvalue weighted by Crippen LogP contribution is -2.63. The number of aliphatic hydroxyl groups excluding tert-OH is 6. The zero-order valence-electron chi connectivity index (χ0n) is 15.9. The van der Waals surface area contributed by atoms with E-state index in [1.165, 1.54) is 0 Å². The van der Waals surface area contributed by atoms with Gasteiger partial charge in [0.1, 0.15) is 42.7 Å². The second kappa shape index (κ2) is 9.75. The summed E-state index contributed by atoms with van der Waals surface area (Å²) in [7, 11) is 0. The van der Waals surface area contributed by atoms with E-state index in [0.717, 1.165) is 5.56 Å². The molecular weight excluding hydrogens is 388 g/mol. The predicted octanol–water partition coefficient (Wildman–Crippen LogP) is -2.15. The van der Waals surface area contributed by atoms with E-state index in [-0.39, 0.29) is 6.61 Å². The molecule has 0 saturated carbocycles. The molecule has 3 rings (SSSR count). The number of rotatable bonds is 6. The molecule has 10 atom stereocenters. The van der Waals surface area contributed by atoms with Crippen molar-refractivity contribution in [3.8, 4) is 0 Å². The number of hydrogen-bond donors (Lipinski definition) is 6. The van der Waals surface area contributed by atoms with E-state index in [1.54, 1.807) is 6.92 Å². The van der Waals surface area contributed by atoms with Crippen LogP contribution in [0.1, 0.15) is 12.5 Å². The molecule has 2 heterocycles. The Morgan fingerprint density at radius 3 is 2.14 bits per heavy atom. The van der Waals surface area contributed by atoms with Gasteiger partial charge in [0.2, 0.25) is 0 Å². The molecule has 0 unspecified atom stereocenters. The summed E-state index contributed by atoms with van der Waals surface area (Å²) >= 11 is 0. The van der Waals surface area contributed by atoms with Crippen molar-refractivity contribution >= 4 is 0 Å². The van der Waals surface area contributed by atoms with Crippen LogP contribution in [0.15, 0.2) is 30.3 Å². The molecule has 0 spiro atoms. The van der Waals surface area contributed by atoms with E-state index in [0.29, 0.717) is 0 Å². The second-order valence-electron chi connectivity index (χ2n) is 7.29. The van der Waals surface area contributed by atoms with Crippen LogP contribution in [0.25, 0.3) is 0 Å². The van der Waals surface area contributed by atoms with Crippen LogP contribution in [0.2, 0.25) is 0 Å². The molecule has 2 aliphatic rings. The van der Waals surface area contributed by atoms with Crippen molar-refractivity contribution in [3.63, 3.8) is 0 Å². The summed E-state index contributed by atoms with van der Waals surface area (Å²) in [5, 5.41) is 59.9. The number of ether oxygens (including phenoxy) is 4. The topological polar surface area (TPSA) is 158 Å². The first-order valence-corrected chi connectivity index (χ1v) is 9.46. The van der Waals surface area contributed by atoms with Crippen LogP contribution < -0.4 is 0 Å². The molecule has 2 aliphatic heterocycles. The molecule has 0 bridgehead atoms. The highest BCUT2D eigenvalue weighted by molar-refractivity contribution is 5.13. The van der Waals surface area contributed by atoms with E-state index >= 15 is 0 Å². The number of aliphatic hydroxyl groups is 6. The van der Waals surface area contributed by atoms with Crippen LogP contribution in [-0.4, -0.2) is 98.7 Å². The van der Waals surface area contributed by atoms with Gasteiger partial charge in [-0.3, -0.25) is 0 Å². The third-order valence-corrected chi connectivity index (χ3v) is 5.17. The zero-order valence-corrected chi connectivity index (χ0v) is 15.9. The standard InChI is InChI=1S/C19H28O10/c1-9-17(29-19-15(24)13(22)12(21)11(7-20)28-19)14(23)16(25)18(27-9)26-8-10-5-3-2-4-6-10/h2-6,9,11-25H,7-8H2,1H3/t9-,11+,12-,13-,14-,15+,16-,17+,18+,19+/m0/s1. The minimum Gasteiger partial charge on any atom is -0.394 e. The van der Waals surface area contributed by atoms with Gasteiger partial charge in [0.15, 0.2) is 12.6 Å². The predicted molar refractivity (Wildman–Crippen MR) is 96.2 cm³/mol. The van der Waals surface area contributed by atoms with Gasteiger partial charge in [0.05, 0.1) is 19.3 Å². The van der Waals surface area contributed by atoms with Gasteiger partial charge in [0.25, 0.3) is 0 Å². The second-order valence-corrected chi connectivity index (χ2v) is 7.29. The lowest BCUT2D eigenvalue weighted by Gasteiger charge is -2.45. The number of hydrogen-bond acceptors (Lipinski definition) is 10. The quantitative estimate of drug-likeness (QED) is 0.302. The van der Waals surface area contributed by atoms with E-state index < -0.39 is 68.0 Å². The minimum absolute atomic E-state index is 0.167. The Morgan fingerprint density at radius 2 is 1.48 bits per heavy atom. The van der Waals surface area contributed by atoms with Crippen LogP contribution in [0.4, 0.5) is 0 Å². The van der Waals surface area contributed by atoms with Crippen LogP contribution in [0.3, 0.4) is 0 Å². The van der Waals surface area contributed by atoms with Gasteiger partial charge in [-0.05, 0) is 12.5 Å². The van der Waals surface area contributed by atoms with Crippen molar-refractivity contribution < 1.29 is 49.6 Å². The Balaban J connectivity index is 1.61. The highest BCUT2D eigenvalue weighted by Crippen LogP contribution is 2.29. The van der Waals surface area contributed by atoms with Crippen LogP contribution in [0.5, 0.6) is 0 Å². The molecule has 10 heteroatoms. The molecule has 2 saturated heterocycles. The van der Waals surface area contributed by atoms with Crippen LogP contribution in [-0.2, 0) is 25.6 Å². The third-order valence-electron chi connectivity index (χ3n) is 5.17. The Morgan fingerprint density at radius 1 is 0.828 bits per heavy atom. The largest absolute Gasteiger partial charge is 0.394 e. The van der Waals surface area contributed by atoms with Crippen molar-refractivity contribution in [1.82, 2.24) is 0 Å². The maximum absolute atomic E-state index is 10.5. The maximum Gasteiger partial charge on any atom is 0.187 e. The van der Waals surface area contributed by atoms with E-state index in [4.69, 9.17) is 18.9 Å². The Labute approximate surface area is 167 Å². The Bertz CT molecular complexity index is 629. The molecule has 29 heavy (non-hydrogen) atoms. The van der Waals surface area contributed by atoms with E-state index in [2.05, 4.69) is 0 Å². The molecular formula is C19H28O10. The van der Waals surface area contributed by atoms with Crippen molar-refractivity contribution in [2.24, 2.45) is 0 Å². The fraction of sp³-hybridized carbons (Fsp3) is 0.684. The van der Waals surface area contributed by atoms with Gasteiger partial charge in [-0.15, -0.1) is 0 Å². The van der Waals surface area contributed by atoms with Crippen molar-refractivity contribution in [2.45, 2.75) is 74.9 Å². The highest BCUT2D eigenvalue weighted by Gasteiger charge is 2.49. The summed E-state index contributed by atoms with van der Waals surface area (Å²) in [4.78, 5) is 0. The van der Waals surface area contributed by atoms with Crippen molar-refractivity contribution in [3.05, 3.63) is 35.9 Å². The lowest BCUT2D eigenvalue weighted by molar-refractivity contribution is -0.356. The Hall–Kier alpha value is -1.18. The van der Waals surface area contributed by atoms with Crippen LogP contribution >= 0.6 is 0 Å². The summed E-state index contributed by atoms with van der Waals surface area (Å²) in [6.07, 6.45) is -13.2. The normalized spacial score (nSPS) is 43.3. The highest BCUT2D eigenvalue weighted by atomic mass is 16.7. The van der Waals surface area contributed by atoms with Crippen molar-refractivity contribution in [1.29, 1.82) is 0 Å². The molecule has 0 aromatic heterocycles. The fourth-order valence-electron chi connectivity index (χ4n) is 3.42. The summed E-state index contributed by atoms with van der Waals surface area (Å²) in [5.74, 6) is 0. The first-order valence-electron chi connectivity index (χ1n) is 9.46. The average molecular weight is 416 g/mol. The van der Waals surface area contributed by atoms with Gasteiger partial charge in [-0.2, -0.15) is 0 Å². The fourth-order valence-corrected chi connectivity index (χ4v) is 3.42. The third kappa shape index (κ3) is 4.94. The summed E-state index contributed by atoms with van der Waals surface area (Å²) in [6.45, 7) is 1.14. The SMILES string of the molecule is C[C@@H]1O[C@@H](OCc2ccccc2)[C@@H](O)[C@H](O)[C@@H]1O[C@H]1O[C@H](CO)[C@H](O)[C@H](O)[C@H]1O. The number of benzene rings is 1. The molecule has 1 aromatic carbocycles. The first-order chi connectivity index (χ1) is 13.8. The van der Waals surface area contributed by atoms with Gasteiger partial charge >= 0.3 is 0 Å². The molecule has 0 aliphatic carbocycles. The molecule has 164 valence electrons. The van der Waals surface area contributed by atoms with Gasteiger partial charge in [0, 0.05) is 0 Å². The van der Waals surface area contributed by atoms with E-state index in [1.807, 2.05) is 30.3 Å². The molecule has 10 nitrogen and oxygen atoms in total. The summed E-state index contributed by atoms with van der Waals surface area (Å²) in [5.41, 5.74) is 0.866. The maximum atomic E-state index is 10.5. The molecule has 0 radical (unpaired) electrons. The van der Waals surface area contributed by atoms with Gasteiger partial charge in [-0.1, -0.05) is 30.3 Å². The zero-order chi connectivity index (χ0) is 21.1. The molecule has 6 N–H and O–H groups in total. The summed E-state index contributed by atoms with van der Waals surface area (Å²) < 4.78 is 22.0. The Kier molecular flexibility index (Phi) is 7.57. The lowest BCUT2D eigenvalue weighted by atomic mass is 9.97. The smallest absolute Gasteiger partial charge is 0.187 e. The van der Waals surface area contributed by atoms with Crippen LogP contribution in [0, 0.1) is 0 Å². The molecule has 2 fully saturated rings. The minimum atomic E-state index is -1.63. The molecule has 0 amide bonds.